The van der Waals surface area contributed by atoms with Gasteiger partial charge in [0.1, 0.15) is 15.7 Å². The van der Waals surface area contributed by atoms with Crippen LogP contribution in [0.25, 0.3) is 15.8 Å². The number of aliphatic hydroxyl groups excluding tert-OH is 1. The molecule has 0 saturated heterocycles. The molecule has 1 aromatic carbocycles. The Morgan fingerprint density at radius 2 is 2.06 bits per heavy atom. The molecule has 1 fully saturated rings. The third-order valence-corrected chi connectivity index (χ3v) is 9.30. The molecule has 4 heterocycles. The van der Waals surface area contributed by atoms with Crippen molar-refractivity contribution < 1.29 is 9.32 Å². The molecule has 7 nitrogen and oxygen atoms in total. The van der Waals surface area contributed by atoms with Crippen LogP contribution in [0.4, 0.5) is 11.8 Å². The highest BCUT2D eigenvalue weighted by Gasteiger charge is 2.39. The molecule has 1 aliphatic carbocycles. The summed E-state index contributed by atoms with van der Waals surface area (Å²) in [5, 5.41) is 14.5. The first-order chi connectivity index (χ1) is 15.6. The summed E-state index contributed by atoms with van der Waals surface area (Å²) in [6, 6.07) is 8.25. The van der Waals surface area contributed by atoms with Crippen molar-refractivity contribution in [2.75, 3.05) is 35.7 Å². The van der Waals surface area contributed by atoms with E-state index in [1.165, 1.54) is 10.3 Å². The second kappa shape index (κ2) is 7.90. The minimum atomic E-state index is -1.08. The Bertz CT molecular complexity index is 1210. The van der Waals surface area contributed by atoms with Gasteiger partial charge in [0.05, 0.1) is 38.9 Å². The molecular formula is C23H25N5O2S2. The van der Waals surface area contributed by atoms with E-state index in [-0.39, 0.29) is 12.1 Å². The fourth-order valence-corrected chi connectivity index (χ4v) is 6.98. The fraction of sp³-hybridized carbons (Fsp3) is 0.435. The van der Waals surface area contributed by atoms with Crippen LogP contribution < -0.4 is 10.2 Å². The van der Waals surface area contributed by atoms with E-state index in [9.17, 15) is 9.32 Å². The average molecular weight is 468 g/mol. The normalized spacial score (nSPS) is 21.8. The van der Waals surface area contributed by atoms with E-state index in [2.05, 4.69) is 34.5 Å². The number of rotatable bonds is 5. The van der Waals surface area contributed by atoms with Crippen LogP contribution in [0.1, 0.15) is 36.4 Å². The maximum Gasteiger partial charge on any atom is 0.227 e. The Balaban J connectivity index is 1.28. The van der Waals surface area contributed by atoms with Crippen LogP contribution in [0, 0.1) is 0 Å². The smallest absolute Gasteiger partial charge is 0.227 e. The number of aliphatic hydroxyl groups is 1. The molecule has 1 saturated carbocycles. The molecule has 9 heteroatoms. The number of nitrogens with zero attached hydrogens (tertiary/aromatic N) is 4. The zero-order valence-electron chi connectivity index (χ0n) is 17.7. The van der Waals surface area contributed by atoms with E-state index in [1.54, 1.807) is 11.3 Å². The molecule has 6 rings (SSSR count). The quantitative estimate of drug-likeness (QED) is 0.594. The SMILES string of the molecule is O=[S@@]1CCc2nc(N3CC=C(c4nc5ccccc5s4)CC3)nc(NC3(CO)CCC3)c21. The fourth-order valence-electron chi connectivity index (χ4n) is 4.64. The number of aromatic nitrogens is 3. The van der Waals surface area contributed by atoms with Gasteiger partial charge in [-0.1, -0.05) is 18.2 Å². The number of nitrogens with one attached hydrogen (secondary N) is 1. The Kier molecular flexibility index (Phi) is 5.00. The molecule has 2 N–H and O–H groups in total. The molecule has 2 aromatic heterocycles. The van der Waals surface area contributed by atoms with Gasteiger partial charge in [-0.05, 0) is 43.4 Å². The third-order valence-electron chi connectivity index (χ3n) is 6.73. The van der Waals surface area contributed by atoms with Crippen LogP contribution >= 0.6 is 11.3 Å². The number of hydrogen-bond acceptors (Lipinski definition) is 8. The highest BCUT2D eigenvalue weighted by atomic mass is 32.2. The molecule has 0 bridgehead atoms. The molecule has 32 heavy (non-hydrogen) atoms. The van der Waals surface area contributed by atoms with Gasteiger partial charge < -0.3 is 15.3 Å². The van der Waals surface area contributed by atoms with Crippen LogP contribution in [0.15, 0.2) is 35.2 Å². The number of benzene rings is 1. The zero-order chi connectivity index (χ0) is 21.7. The minimum Gasteiger partial charge on any atom is -0.394 e. The van der Waals surface area contributed by atoms with Gasteiger partial charge in [-0.3, -0.25) is 4.21 Å². The molecule has 2 aliphatic heterocycles. The second-order valence-electron chi connectivity index (χ2n) is 8.78. The van der Waals surface area contributed by atoms with E-state index in [4.69, 9.17) is 15.0 Å². The highest BCUT2D eigenvalue weighted by molar-refractivity contribution is 7.85. The summed E-state index contributed by atoms with van der Waals surface area (Å²) in [5.41, 5.74) is 2.87. The van der Waals surface area contributed by atoms with E-state index in [0.717, 1.165) is 59.9 Å². The van der Waals surface area contributed by atoms with Crippen LogP contribution in [-0.4, -0.2) is 55.3 Å². The number of fused-ring (bicyclic) bond motifs is 2. The van der Waals surface area contributed by atoms with Crippen LogP contribution in [-0.2, 0) is 17.2 Å². The van der Waals surface area contributed by atoms with Crippen molar-refractivity contribution in [3.8, 4) is 0 Å². The van der Waals surface area contributed by atoms with E-state index >= 15 is 0 Å². The van der Waals surface area contributed by atoms with Crippen LogP contribution in [0.3, 0.4) is 0 Å². The van der Waals surface area contributed by atoms with Crippen molar-refractivity contribution in [1.29, 1.82) is 0 Å². The first-order valence-corrected chi connectivity index (χ1v) is 13.3. The van der Waals surface area contributed by atoms with E-state index in [1.807, 2.05) is 6.07 Å². The average Bonchev–Trinajstić information content (AvgIpc) is 3.40. The largest absolute Gasteiger partial charge is 0.394 e. The Labute approximate surface area is 193 Å². The van der Waals surface area contributed by atoms with Gasteiger partial charge in [0, 0.05) is 25.3 Å². The van der Waals surface area contributed by atoms with Gasteiger partial charge in [0.25, 0.3) is 0 Å². The summed E-state index contributed by atoms with van der Waals surface area (Å²) in [6.45, 7) is 1.59. The lowest BCUT2D eigenvalue weighted by atomic mass is 9.77. The van der Waals surface area contributed by atoms with Gasteiger partial charge in [0.2, 0.25) is 5.95 Å². The van der Waals surface area contributed by atoms with Gasteiger partial charge in [-0.25, -0.2) is 9.97 Å². The third kappa shape index (κ3) is 3.43. The van der Waals surface area contributed by atoms with Crippen molar-refractivity contribution in [1.82, 2.24) is 15.0 Å². The maximum absolute atomic E-state index is 12.6. The standard InChI is InChI=1S/C23H25N5O2S2/c29-14-23(9-3-10-23)27-20-19-17(8-13-32(19)30)25-22(26-20)28-11-6-15(7-12-28)21-24-16-4-1-2-5-18(16)31-21/h1-2,4-6,29H,3,7-14H2,(H,25,26,27)/t32-/m1/s1. The second-order valence-corrected chi connectivity index (χ2v) is 11.3. The Morgan fingerprint density at radius 3 is 2.78 bits per heavy atom. The molecule has 166 valence electrons. The molecule has 0 amide bonds. The lowest BCUT2D eigenvalue weighted by Gasteiger charge is -2.41. The zero-order valence-corrected chi connectivity index (χ0v) is 19.3. The van der Waals surface area contributed by atoms with Crippen LogP contribution in [0.2, 0.25) is 0 Å². The summed E-state index contributed by atoms with van der Waals surface area (Å²) >= 11 is 1.74. The lowest BCUT2D eigenvalue weighted by Crippen LogP contribution is -2.48. The summed E-state index contributed by atoms with van der Waals surface area (Å²) in [6.07, 6.45) is 6.71. The number of para-hydroxylation sites is 1. The van der Waals surface area contributed by atoms with Crippen molar-refractivity contribution in [3.63, 3.8) is 0 Å². The Morgan fingerprint density at radius 1 is 1.19 bits per heavy atom. The van der Waals surface area contributed by atoms with Gasteiger partial charge in [-0.15, -0.1) is 11.3 Å². The number of aryl methyl sites for hydroxylation is 1. The Hall–Kier alpha value is -2.36. The predicted molar refractivity (Wildman–Crippen MR) is 129 cm³/mol. The van der Waals surface area contributed by atoms with Gasteiger partial charge in [0.15, 0.2) is 0 Å². The van der Waals surface area contributed by atoms with Crippen molar-refractivity contribution in [3.05, 3.63) is 41.0 Å². The molecule has 3 aromatic rings. The van der Waals surface area contributed by atoms with Crippen molar-refractivity contribution in [2.45, 2.75) is 42.5 Å². The van der Waals surface area contributed by atoms with Crippen LogP contribution in [0.5, 0.6) is 0 Å². The molecule has 3 aliphatic rings. The number of anilines is 2. The van der Waals surface area contributed by atoms with E-state index in [0.29, 0.717) is 23.9 Å². The minimum absolute atomic E-state index is 0.0612. The molecule has 0 radical (unpaired) electrons. The molecule has 1 atom stereocenters. The first kappa shape index (κ1) is 20.3. The molecule has 0 spiro atoms. The summed E-state index contributed by atoms with van der Waals surface area (Å²) in [4.78, 5) is 17.3. The lowest BCUT2D eigenvalue weighted by molar-refractivity contribution is 0.143. The summed E-state index contributed by atoms with van der Waals surface area (Å²) < 4.78 is 13.8. The van der Waals surface area contributed by atoms with Crippen molar-refractivity contribution >= 4 is 49.7 Å². The van der Waals surface area contributed by atoms with Gasteiger partial charge in [-0.2, -0.15) is 4.98 Å². The summed E-state index contributed by atoms with van der Waals surface area (Å²) in [5.74, 6) is 1.92. The molecule has 0 unspecified atom stereocenters. The van der Waals surface area contributed by atoms with Gasteiger partial charge >= 0.3 is 0 Å². The topological polar surface area (TPSA) is 91.2 Å². The molecular weight excluding hydrogens is 442 g/mol. The predicted octanol–water partition coefficient (Wildman–Crippen LogP) is 3.37. The highest BCUT2D eigenvalue weighted by Crippen LogP contribution is 2.39. The monoisotopic (exact) mass is 467 g/mol. The summed E-state index contributed by atoms with van der Waals surface area (Å²) in [7, 11) is -1.08. The maximum atomic E-state index is 12.6. The first-order valence-electron chi connectivity index (χ1n) is 11.1. The van der Waals surface area contributed by atoms with Crippen molar-refractivity contribution in [2.24, 2.45) is 0 Å². The number of hydrogen-bond donors (Lipinski definition) is 2. The number of thiazole rings is 1. The van der Waals surface area contributed by atoms with E-state index < -0.39 is 10.8 Å².